The van der Waals surface area contributed by atoms with Gasteiger partial charge >= 0.3 is 0 Å². The van der Waals surface area contributed by atoms with E-state index in [2.05, 4.69) is 10.4 Å². The van der Waals surface area contributed by atoms with E-state index in [0.717, 1.165) is 21.5 Å². The molecule has 2 amide bonds. The van der Waals surface area contributed by atoms with E-state index in [1.165, 1.54) is 11.3 Å². The van der Waals surface area contributed by atoms with Gasteiger partial charge in [0.15, 0.2) is 0 Å². The molecule has 4 rings (SSSR count). The van der Waals surface area contributed by atoms with E-state index >= 15 is 0 Å². The second-order valence-electron chi connectivity index (χ2n) is 6.24. The zero-order valence-corrected chi connectivity index (χ0v) is 15.7. The van der Waals surface area contributed by atoms with Crippen LogP contribution < -0.4 is 5.32 Å². The van der Waals surface area contributed by atoms with E-state index in [1.54, 1.807) is 4.90 Å². The fourth-order valence-electron chi connectivity index (χ4n) is 3.08. The van der Waals surface area contributed by atoms with Crippen molar-refractivity contribution in [2.75, 3.05) is 19.6 Å². The highest BCUT2D eigenvalue weighted by Gasteiger charge is 2.25. The minimum Gasteiger partial charge on any atom is -0.353 e. The standard InChI is InChI=1S/C18H17ClN4O2S/c1-11-13-8-15(17(25)22-7-6-20-16(24)10-22)26-18(13)23(21-11)9-12-4-2-3-5-14(12)19/h2-5,8H,6-7,9-10H2,1H3,(H,20,24). The average molecular weight is 389 g/mol. The Labute approximate surface area is 159 Å². The highest BCUT2D eigenvalue weighted by Crippen LogP contribution is 2.30. The number of aromatic nitrogens is 2. The first-order valence-electron chi connectivity index (χ1n) is 8.29. The Balaban J connectivity index is 1.66. The zero-order valence-electron chi connectivity index (χ0n) is 14.2. The van der Waals surface area contributed by atoms with E-state index in [9.17, 15) is 9.59 Å². The van der Waals surface area contributed by atoms with Gasteiger partial charge in [0.05, 0.1) is 23.7 Å². The predicted octanol–water partition coefficient (Wildman–Crippen LogP) is 2.68. The van der Waals surface area contributed by atoms with Crippen LogP contribution in [-0.2, 0) is 11.3 Å². The number of nitrogens with one attached hydrogen (secondary N) is 1. The molecule has 0 spiro atoms. The zero-order chi connectivity index (χ0) is 18.3. The average Bonchev–Trinajstić information content (AvgIpc) is 3.18. The van der Waals surface area contributed by atoms with Crippen LogP contribution >= 0.6 is 22.9 Å². The molecular formula is C18H17ClN4O2S. The van der Waals surface area contributed by atoms with E-state index in [-0.39, 0.29) is 18.4 Å². The van der Waals surface area contributed by atoms with Gasteiger partial charge in [-0.25, -0.2) is 0 Å². The number of nitrogens with zero attached hydrogens (tertiary/aromatic N) is 3. The molecule has 0 aliphatic carbocycles. The number of rotatable bonds is 3. The van der Waals surface area contributed by atoms with Gasteiger partial charge in [-0.15, -0.1) is 11.3 Å². The fourth-order valence-corrected chi connectivity index (χ4v) is 4.41. The number of amides is 2. The SMILES string of the molecule is Cc1nn(Cc2ccccc2Cl)c2sc(C(=O)N3CCNC(=O)C3)cc12. The third-order valence-electron chi connectivity index (χ3n) is 4.42. The Morgan fingerprint density at radius 1 is 1.38 bits per heavy atom. The summed E-state index contributed by atoms with van der Waals surface area (Å²) in [5.41, 5.74) is 1.85. The molecule has 0 bridgehead atoms. The maximum absolute atomic E-state index is 12.8. The summed E-state index contributed by atoms with van der Waals surface area (Å²) >= 11 is 7.67. The first kappa shape index (κ1) is 17.1. The molecule has 2 aromatic heterocycles. The summed E-state index contributed by atoms with van der Waals surface area (Å²) < 4.78 is 1.89. The van der Waals surface area contributed by atoms with Crippen molar-refractivity contribution in [1.29, 1.82) is 0 Å². The lowest BCUT2D eigenvalue weighted by Gasteiger charge is -2.26. The molecule has 3 heterocycles. The largest absolute Gasteiger partial charge is 0.353 e. The molecule has 1 aromatic carbocycles. The van der Waals surface area contributed by atoms with E-state index in [4.69, 9.17) is 11.6 Å². The van der Waals surface area contributed by atoms with Crippen LogP contribution in [0.5, 0.6) is 0 Å². The van der Waals surface area contributed by atoms with Crippen LogP contribution in [0.25, 0.3) is 10.2 Å². The molecule has 0 unspecified atom stereocenters. The summed E-state index contributed by atoms with van der Waals surface area (Å²) in [5.74, 6) is -0.225. The third-order valence-corrected chi connectivity index (χ3v) is 5.93. The number of fused-ring (bicyclic) bond motifs is 1. The Kier molecular flexibility index (Phi) is 4.42. The lowest BCUT2D eigenvalue weighted by molar-refractivity contribution is -0.123. The Hall–Kier alpha value is -2.38. The summed E-state index contributed by atoms with van der Waals surface area (Å²) in [6.07, 6.45) is 0. The molecule has 1 fully saturated rings. The van der Waals surface area contributed by atoms with Gasteiger partial charge in [-0.05, 0) is 24.6 Å². The Morgan fingerprint density at radius 2 is 2.19 bits per heavy atom. The number of aryl methyl sites for hydroxylation is 1. The molecule has 0 saturated carbocycles. The second-order valence-corrected chi connectivity index (χ2v) is 7.68. The molecule has 26 heavy (non-hydrogen) atoms. The van der Waals surface area contributed by atoms with Crippen LogP contribution in [-0.4, -0.2) is 46.1 Å². The normalized spacial score (nSPS) is 14.7. The highest BCUT2D eigenvalue weighted by atomic mass is 35.5. The predicted molar refractivity (Wildman–Crippen MR) is 102 cm³/mol. The van der Waals surface area contributed by atoms with E-state index in [1.807, 2.05) is 41.9 Å². The number of carbonyl (C=O) groups is 2. The van der Waals surface area contributed by atoms with Gasteiger partial charge in [0.2, 0.25) is 5.91 Å². The first-order valence-corrected chi connectivity index (χ1v) is 9.48. The number of halogens is 1. The number of thiophene rings is 1. The quantitative estimate of drug-likeness (QED) is 0.750. The van der Waals surface area contributed by atoms with E-state index < -0.39 is 0 Å². The van der Waals surface area contributed by atoms with Gasteiger partial charge in [0, 0.05) is 23.5 Å². The lowest BCUT2D eigenvalue weighted by atomic mass is 10.2. The van der Waals surface area contributed by atoms with E-state index in [0.29, 0.717) is 29.5 Å². The van der Waals surface area contributed by atoms with Gasteiger partial charge < -0.3 is 10.2 Å². The van der Waals surface area contributed by atoms with Crippen molar-refractivity contribution in [3.05, 3.63) is 51.5 Å². The summed E-state index contributed by atoms with van der Waals surface area (Å²) in [5, 5.41) is 8.99. The van der Waals surface area contributed by atoms with Gasteiger partial charge in [0.25, 0.3) is 5.91 Å². The smallest absolute Gasteiger partial charge is 0.264 e. The molecule has 8 heteroatoms. The molecule has 1 N–H and O–H groups in total. The molecular weight excluding hydrogens is 372 g/mol. The summed E-state index contributed by atoms with van der Waals surface area (Å²) in [4.78, 5) is 27.5. The lowest BCUT2D eigenvalue weighted by Crippen LogP contribution is -2.49. The molecule has 3 aromatic rings. The second kappa shape index (κ2) is 6.74. The number of hydrogen-bond acceptors (Lipinski definition) is 4. The number of carbonyl (C=O) groups excluding carboxylic acids is 2. The van der Waals surface area contributed by atoms with Crippen LogP contribution in [0.15, 0.2) is 30.3 Å². The van der Waals surface area contributed by atoms with Crippen LogP contribution in [0.3, 0.4) is 0 Å². The van der Waals surface area contributed by atoms with Crippen LogP contribution in [0.2, 0.25) is 5.02 Å². The number of benzene rings is 1. The van der Waals surface area contributed by atoms with Gasteiger partial charge in [0.1, 0.15) is 4.83 Å². The van der Waals surface area contributed by atoms with Crippen molar-refractivity contribution in [3.63, 3.8) is 0 Å². The molecule has 1 aliphatic heterocycles. The Morgan fingerprint density at radius 3 is 2.96 bits per heavy atom. The first-order chi connectivity index (χ1) is 12.5. The Bertz CT molecular complexity index is 1010. The van der Waals surface area contributed by atoms with Crippen molar-refractivity contribution in [2.24, 2.45) is 0 Å². The van der Waals surface area contributed by atoms with Crippen molar-refractivity contribution < 1.29 is 9.59 Å². The fraction of sp³-hybridized carbons (Fsp3) is 0.278. The highest BCUT2D eigenvalue weighted by molar-refractivity contribution is 7.20. The van der Waals surface area contributed by atoms with Gasteiger partial charge in [-0.3, -0.25) is 14.3 Å². The number of hydrogen-bond donors (Lipinski definition) is 1. The molecule has 1 saturated heterocycles. The maximum Gasteiger partial charge on any atom is 0.264 e. The molecule has 0 atom stereocenters. The minimum atomic E-state index is -0.119. The number of piperazine rings is 1. The van der Waals surface area contributed by atoms with Crippen LogP contribution in [0.4, 0.5) is 0 Å². The van der Waals surface area contributed by atoms with Crippen molar-refractivity contribution in [1.82, 2.24) is 20.0 Å². The third kappa shape index (κ3) is 3.08. The molecule has 134 valence electrons. The monoisotopic (exact) mass is 388 g/mol. The topological polar surface area (TPSA) is 67.2 Å². The van der Waals surface area contributed by atoms with Crippen LogP contribution in [0, 0.1) is 6.92 Å². The molecule has 1 aliphatic rings. The van der Waals surface area contributed by atoms with Crippen molar-refractivity contribution in [3.8, 4) is 0 Å². The van der Waals surface area contributed by atoms with Crippen molar-refractivity contribution >= 4 is 45.0 Å². The van der Waals surface area contributed by atoms with Gasteiger partial charge in [-0.1, -0.05) is 29.8 Å². The van der Waals surface area contributed by atoms with Crippen LogP contribution in [0.1, 0.15) is 20.9 Å². The summed E-state index contributed by atoms with van der Waals surface area (Å²) in [6.45, 7) is 3.61. The maximum atomic E-state index is 12.8. The van der Waals surface area contributed by atoms with Crippen molar-refractivity contribution in [2.45, 2.75) is 13.5 Å². The molecule has 0 radical (unpaired) electrons. The minimum absolute atomic E-state index is 0.107. The summed E-state index contributed by atoms with van der Waals surface area (Å²) in [6, 6.07) is 9.54. The molecule has 6 nitrogen and oxygen atoms in total. The summed E-state index contributed by atoms with van der Waals surface area (Å²) in [7, 11) is 0. The van der Waals surface area contributed by atoms with Gasteiger partial charge in [-0.2, -0.15) is 5.10 Å².